The first-order chi connectivity index (χ1) is 11.0. The zero-order chi connectivity index (χ0) is 16.8. The Labute approximate surface area is 135 Å². The van der Waals surface area contributed by atoms with Gasteiger partial charge in [0.05, 0.1) is 14.2 Å². The number of ether oxygens (including phenoxy) is 2. The van der Waals surface area contributed by atoms with E-state index < -0.39 is 12.1 Å². The molecule has 0 aromatic heterocycles. The number of nitrogens with zero attached hydrogens (tertiary/aromatic N) is 1. The van der Waals surface area contributed by atoms with E-state index in [0.717, 1.165) is 25.1 Å². The molecule has 1 amide bonds. The predicted octanol–water partition coefficient (Wildman–Crippen LogP) is 2.28. The van der Waals surface area contributed by atoms with Crippen LogP contribution >= 0.6 is 0 Å². The first kappa shape index (κ1) is 16.9. The zero-order valence-corrected chi connectivity index (χ0v) is 13.4. The first-order valence-electron chi connectivity index (χ1n) is 7.53. The van der Waals surface area contributed by atoms with Crippen LogP contribution in [0, 0.1) is 5.92 Å². The van der Waals surface area contributed by atoms with Crippen LogP contribution in [-0.4, -0.2) is 55.9 Å². The highest BCUT2D eigenvalue weighted by molar-refractivity contribution is 5.93. The molecule has 2 rings (SSSR count). The fourth-order valence-corrected chi connectivity index (χ4v) is 2.67. The molecule has 0 aliphatic carbocycles. The van der Waals surface area contributed by atoms with Crippen molar-refractivity contribution >= 4 is 17.7 Å². The van der Waals surface area contributed by atoms with Gasteiger partial charge in [0.15, 0.2) is 0 Å². The van der Waals surface area contributed by atoms with E-state index in [1.165, 1.54) is 19.1 Å². The number of anilines is 1. The SMILES string of the molecule is COC(=O)c1ccc(NCC2CCN(C(=O)O)CC2)cc1OC. The maximum atomic E-state index is 11.6. The molecule has 1 aliphatic rings. The number of hydrogen-bond donors (Lipinski definition) is 2. The van der Waals surface area contributed by atoms with Crippen LogP contribution in [0.5, 0.6) is 5.75 Å². The van der Waals surface area contributed by atoms with Crippen molar-refractivity contribution in [1.29, 1.82) is 0 Å². The Morgan fingerprint density at radius 1 is 1.30 bits per heavy atom. The summed E-state index contributed by atoms with van der Waals surface area (Å²) in [6.07, 6.45) is 0.840. The van der Waals surface area contributed by atoms with E-state index in [0.29, 0.717) is 30.3 Å². The third-order valence-electron chi connectivity index (χ3n) is 4.09. The molecule has 23 heavy (non-hydrogen) atoms. The van der Waals surface area contributed by atoms with Gasteiger partial charge in [-0.15, -0.1) is 0 Å². The summed E-state index contributed by atoms with van der Waals surface area (Å²) in [5, 5.41) is 12.3. The van der Waals surface area contributed by atoms with Crippen molar-refractivity contribution in [3.05, 3.63) is 23.8 Å². The number of carboxylic acid groups (broad SMARTS) is 1. The third-order valence-corrected chi connectivity index (χ3v) is 4.09. The summed E-state index contributed by atoms with van der Waals surface area (Å²) in [4.78, 5) is 24.0. The quantitative estimate of drug-likeness (QED) is 0.809. The molecule has 126 valence electrons. The normalized spacial score (nSPS) is 15.1. The lowest BCUT2D eigenvalue weighted by atomic mass is 9.97. The van der Waals surface area contributed by atoms with Gasteiger partial charge in [0, 0.05) is 31.4 Å². The van der Waals surface area contributed by atoms with Crippen LogP contribution in [0.2, 0.25) is 0 Å². The highest BCUT2D eigenvalue weighted by Gasteiger charge is 2.22. The van der Waals surface area contributed by atoms with E-state index in [1.807, 2.05) is 0 Å². The molecule has 7 nitrogen and oxygen atoms in total. The zero-order valence-electron chi connectivity index (χ0n) is 13.4. The molecule has 2 N–H and O–H groups in total. The first-order valence-corrected chi connectivity index (χ1v) is 7.53. The Hall–Kier alpha value is -2.44. The molecule has 1 aromatic rings. The summed E-state index contributed by atoms with van der Waals surface area (Å²) >= 11 is 0. The van der Waals surface area contributed by atoms with E-state index in [9.17, 15) is 9.59 Å². The molecule has 0 atom stereocenters. The van der Waals surface area contributed by atoms with Gasteiger partial charge < -0.3 is 24.8 Å². The predicted molar refractivity (Wildman–Crippen MR) is 85.1 cm³/mol. The van der Waals surface area contributed by atoms with Crippen molar-refractivity contribution in [2.75, 3.05) is 39.2 Å². The standard InChI is InChI=1S/C16H22N2O5/c1-22-14-9-12(3-4-13(14)15(19)23-2)17-10-11-5-7-18(8-6-11)16(20)21/h3-4,9,11,17H,5-8,10H2,1-2H3,(H,20,21). The van der Waals surface area contributed by atoms with Crippen molar-refractivity contribution in [2.45, 2.75) is 12.8 Å². The number of methoxy groups -OCH3 is 2. The molecule has 1 fully saturated rings. The topological polar surface area (TPSA) is 88.1 Å². The van der Waals surface area contributed by atoms with Crippen molar-refractivity contribution in [2.24, 2.45) is 5.92 Å². The number of benzene rings is 1. The number of hydrogen-bond acceptors (Lipinski definition) is 5. The van der Waals surface area contributed by atoms with Gasteiger partial charge in [-0.05, 0) is 30.9 Å². The van der Waals surface area contributed by atoms with E-state index in [4.69, 9.17) is 14.6 Å². The summed E-state index contributed by atoms with van der Waals surface area (Å²) in [6, 6.07) is 5.24. The van der Waals surface area contributed by atoms with Crippen LogP contribution in [0.4, 0.5) is 10.5 Å². The van der Waals surface area contributed by atoms with Crippen LogP contribution in [-0.2, 0) is 4.74 Å². The summed E-state index contributed by atoms with van der Waals surface area (Å²) < 4.78 is 9.94. The lowest BCUT2D eigenvalue weighted by Gasteiger charge is -2.30. The number of esters is 1. The molecular formula is C16H22N2O5. The van der Waals surface area contributed by atoms with Gasteiger partial charge in [-0.1, -0.05) is 0 Å². The molecule has 0 bridgehead atoms. The second-order valence-electron chi connectivity index (χ2n) is 5.50. The number of nitrogens with one attached hydrogen (secondary N) is 1. The van der Waals surface area contributed by atoms with Crippen molar-refractivity contribution < 1.29 is 24.2 Å². The molecule has 0 spiro atoms. The maximum absolute atomic E-state index is 11.6. The summed E-state index contributed by atoms with van der Waals surface area (Å²) in [5.41, 5.74) is 1.24. The van der Waals surface area contributed by atoms with E-state index >= 15 is 0 Å². The summed E-state index contributed by atoms with van der Waals surface area (Å²) in [7, 11) is 2.84. The highest BCUT2D eigenvalue weighted by atomic mass is 16.5. The van der Waals surface area contributed by atoms with E-state index in [-0.39, 0.29) is 0 Å². The monoisotopic (exact) mass is 322 g/mol. The molecule has 1 aliphatic heterocycles. The molecule has 1 heterocycles. The Morgan fingerprint density at radius 3 is 2.57 bits per heavy atom. The summed E-state index contributed by atoms with van der Waals surface area (Å²) in [5.74, 6) is 0.453. The van der Waals surface area contributed by atoms with Crippen molar-refractivity contribution in [3.8, 4) is 5.75 Å². The lowest BCUT2D eigenvalue weighted by Crippen LogP contribution is -2.39. The molecule has 0 saturated carbocycles. The molecule has 7 heteroatoms. The highest BCUT2D eigenvalue weighted by Crippen LogP contribution is 2.25. The maximum Gasteiger partial charge on any atom is 0.407 e. The fraction of sp³-hybridized carbons (Fsp3) is 0.500. The number of rotatable bonds is 5. The fourth-order valence-electron chi connectivity index (χ4n) is 2.67. The minimum absolute atomic E-state index is 0.385. The van der Waals surface area contributed by atoms with Gasteiger partial charge in [0.2, 0.25) is 0 Å². The third kappa shape index (κ3) is 4.28. The van der Waals surface area contributed by atoms with Gasteiger partial charge >= 0.3 is 12.1 Å². The van der Waals surface area contributed by atoms with Gasteiger partial charge in [0.1, 0.15) is 11.3 Å². The molecule has 1 aromatic carbocycles. The number of likely N-dealkylation sites (tertiary alicyclic amines) is 1. The second-order valence-corrected chi connectivity index (χ2v) is 5.50. The largest absolute Gasteiger partial charge is 0.496 e. The number of carbonyl (C=O) groups is 2. The average molecular weight is 322 g/mol. The number of amides is 1. The van der Waals surface area contributed by atoms with Crippen LogP contribution in [0.15, 0.2) is 18.2 Å². The van der Waals surface area contributed by atoms with Crippen molar-refractivity contribution in [1.82, 2.24) is 4.90 Å². The molecular weight excluding hydrogens is 300 g/mol. The van der Waals surface area contributed by atoms with Gasteiger partial charge in [-0.2, -0.15) is 0 Å². The number of carbonyl (C=O) groups excluding carboxylic acids is 1. The number of piperidine rings is 1. The molecule has 0 radical (unpaired) electrons. The Kier molecular flexibility index (Phi) is 5.67. The Morgan fingerprint density at radius 2 is 2.00 bits per heavy atom. The average Bonchev–Trinajstić information content (AvgIpc) is 2.59. The van der Waals surface area contributed by atoms with Gasteiger partial charge in [-0.3, -0.25) is 0 Å². The summed E-state index contributed by atoms with van der Waals surface area (Å²) in [6.45, 7) is 1.91. The lowest BCUT2D eigenvalue weighted by molar-refractivity contribution is 0.0597. The van der Waals surface area contributed by atoms with Crippen LogP contribution < -0.4 is 10.1 Å². The van der Waals surface area contributed by atoms with E-state index in [1.54, 1.807) is 18.2 Å². The second kappa shape index (κ2) is 7.71. The van der Waals surface area contributed by atoms with Crippen LogP contribution in [0.3, 0.4) is 0 Å². The van der Waals surface area contributed by atoms with E-state index in [2.05, 4.69) is 5.32 Å². The van der Waals surface area contributed by atoms with Crippen molar-refractivity contribution in [3.63, 3.8) is 0 Å². The molecule has 0 unspecified atom stereocenters. The van der Waals surface area contributed by atoms with Gasteiger partial charge in [-0.25, -0.2) is 9.59 Å². The molecule has 1 saturated heterocycles. The Balaban J connectivity index is 1.91. The van der Waals surface area contributed by atoms with Crippen LogP contribution in [0.1, 0.15) is 23.2 Å². The minimum atomic E-state index is -0.848. The Bertz CT molecular complexity index is 568. The minimum Gasteiger partial charge on any atom is -0.496 e. The smallest absolute Gasteiger partial charge is 0.407 e. The van der Waals surface area contributed by atoms with Gasteiger partial charge in [0.25, 0.3) is 0 Å². The van der Waals surface area contributed by atoms with Crippen LogP contribution in [0.25, 0.3) is 0 Å².